The van der Waals surface area contributed by atoms with Gasteiger partial charge in [0.25, 0.3) is 0 Å². The molecule has 1 fully saturated rings. The lowest BCUT2D eigenvalue weighted by atomic mass is 9.99. The smallest absolute Gasteiger partial charge is 0.408 e. The lowest BCUT2D eigenvalue weighted by Gasteiger charge is -2.25. The summed E-state index contributed by atoms with van der Waals surface area (Å²) in [5, 5.41) is 6.07. The number of carbonyl (C=O) groups excluding carboxylic acids is 3. The van der Waals surface area contributed by atoms with Gasteiger partial charge in [0.1, 0.15) is 18.7 Å². The SMILES string of the molecule is COC(=O)[C@@H]1CSC([C@@H](C)CC[C@H](NC(=O)OCc2ccccc2)C(=O)OC(c2ccccc2)c2ccccc2)N1. The fourth-order valence-corrected chi connectivity index (χ4v) is 5.98. The second-order valence-electron chi connectivity index (χ2n) is 9.95. The highest BCUT2D eigenvalue weighted by atomic mass is 32.2. The number of ether oxygens (including phenoxy) is 3. The lowest BCUT2D eigenvalue weighted by Crippen LogP contribution is -2.43. The first-order valence-corrected chi connectivity index (χ1v) is 14.7. The summed E-state index contributed by atoms with van der Waals surface area (Å²) in [6, 6.07) is 27.1. The van der Waals surface area contributed by atoms with Crippen LogP contribution in [0.1, 0.15) is 42.6 Å². The van der Waals surface area contributed by atoms with Crippen LogP contribution in [0.15, 0.2) is 91.0 Å². The first-order chi connectivity index (χ1) is 19.9. The number of alkyl carbamates (subject to hydrolysis) is 1. The zero-order valence-electron chi connectivity index (χ0n) is 23.2. The summed E-state index contributed by atoms with van der Waals surface area (Å²) in [5.74, 6) is -0.117. The summed E-state index contributed by atoms with van der Waals surface area (Å²) in [5.41, 5.74) is 2.49. The molecule has 3 aromatic carbocycles. The molecule has 1 heterocycles. The topological polar surface area (TPSA) is 103 Å². The summed E-state index contributed by atoms with van der Waals surface area (Å²) < 4.78 is 16.4. The monoisotopic (exact) mass is 576 g/mol. The van der Waals surface area contributed by atoms with Crippen molar-refractivity contribution in [2.45, 2.75) is 49.9 Å². The third-order valence-corrected chi connectivity index (χ3v) is 8.43. The van der Waals surface area contributed by atoms with Crippen LogP contribution in [0, 0.1) is 5.92 Å². The van der Waals surface area contributed by atoms with Crippen LogP contribution in [0.2, 0.25) is 0 Å². The molecule has 0 saturated carbocycles. The number of amides is 1. The molecule has 9 heteroatoms. The summed E-state index contributed by atoms with van der Waals surface area (Å²) in [7, 11) is 1.38. The van der Waals surface area contributed by atoms with E-state index < -0.39 is 24.2 Å². The van der Waals surface area contributed by atoms with Crippen LogP contribution in [0.3, 0.4) is 0 Å². The van der Waals surface area contributed by atoms with Gasteiger partial charge in [-0.15, -0.1) is 11.8 Å². The van der Waals surface area contributed by atoms with Crippen molar-refractivity contribution in [2.24, 2.45) is 5.92 Å². The van der Waals surface area contributed by atoms with Gasteiger partial charge in [-0.2, -0.15) is 0 Å². The molecule has 8 nitrogen and oxygen atoms in total. The fraction of sp³-hybridized carbons (Fsp3) is 0.344. The maximum atomic E-state index is 13.6. The molecule has 0 aliphatic carbocycles. The molecule has 4 atom stereocenters. The first-order valence-electron chi connectivity index (χ1n) is 13.7. The van der Waals surface area contributed by atoms with Gasteiger partial charge in [0.2, 0.25) is 0 Å². The van der Waals surface area contributed by atoms with Gasteiger partial charge in [0.05, 0.1) is 12.5 Å². The van der Waals surface area contributed by atoms with E-state index in [4.69, 9.17) is 14.2 Å². The van der Waals surface area contributed by atoms with Gasteiger partial charge in [0.15, 0.2) is 6.10 Å². The maximum absolute atomic E-state index is 13.6. The Labute approximate surface area is 245 Å². The number of hydrogen-bond donors (Lipinski definition) is 2. The van der Waals surface area contributed by atoms with Crippen molar-refractivity contribution >= 4 is 29.8 Å². The van der Waals surface area contributed by atoms with E-state index in [0.717, 1.165) is 16.7 Å². The third kappa shape index (κ3) is 8.83. The average molecular weight is 577 g/mol. The minimum absolute atomic E-state index is 0.0159. The molecule has 41 heavy (non-hydrogen) atoms. The molecule has 0 spiro atoms. The van der Waals surface area contributed by atoms with E-state index in [9.17, 15) is 14.4 Å². The zero-order chi connectivity index (χ0) is 29.0. The third-order valence-electron chi connectivity index (χ3n) is 6.95. The van der Waals surface area contributed by atoms with E-state index in [1.54, 1.807) is 11.8 Å². The van der Waals surface area contributed by atoms with E-state index in [1.165, 1.54) is 7.11 Å². The number of benzene rings is 3. The van der Waals surface area contributed by atoms with Crippen LogP contribution < -0.4 is 10.6 Å². The number of hydrogen-bond acceptors (Lipinski definition) is 8. The number of carbonyl (C=O) groups is 3. The number of nitrogens with one attached hydrogen (secondary N) is 2. The van der Waals surface area contributed by atoms with Crippen molar-refractivity contribution < 1.29 is 28.6 Å². The van der Waals surface area contributed by atoms with Gasteiger partial charge in [-0.3, -0.25) is 10.1 Å². The molecule has 2 N–H and O–H groups in total. The van der Waals surface area contributed by atoms with Gasteiger partial charge < -0.3 is 19.5 Å². The van der Waals surface area contributed by atoms with Crippen molar-refractivity contribution in [3.05, 3.63) is 108 Å². The molecular weight excluding hydrogens is 540 g/mol. The Morgan fingerprint density at radius 2 is 1.49 bits per heavy atom. The van der Waals surface area contributed by atoms with Crippen LogP contribution in [-0.2, 0) is 30.4 Å². The minimum Gasteiger partial charge on any atom is -0.468 e. The second kappa shape index (κ2) is 15.3. The van der Waals surface area contributed by atoms with Gasteiger partial charge >= 0.3 is 18.0 Å². The normalized spacial score (nSPS) is 17.8. The highest BCUT2D eigenvalue weighted by molar-refractivity contribution is 8.00. The molecule has 1 saturated heterocycles. The van der Waals surface area contributed by atoms with E-state index in [1.807, 2.05) is 91.0 Å². The maximum Gasteiger partial charge on any atom is 0.408 e. The van der Waals surface area contributed by atoms with Crippen LogP contribution in [0.4, 0.5) is 4.79 Å². The van der Waals surface area contributed by atoms with E-state index >= 15 is 0 Å². The molecule has 1 unspecified atom stereocenters. The summed E-state index contributed by atoms with van der Waals surface area (Å²) >= 11 is 1.65. The standard InChI is InChI=1S/C32H36N2O6S/c1-22(29-33-27(21-41-29)30(35)38-2)18-19-26(34-32(37)39-20-23-12-6-3-7-13-23)31(36)40-28(24-14-8-4-9-15-24)25-16-10-5-11-17-25/h3-17,22,26-29,33H,18-21H2,1-2H3,(H,34,37)/t22-,26-,27-,29?/m0/s1. The number of thioether (sulfide) groups is 1. The summed E-state index contributed by atoms with van der Waals surface area (Å²) in [6.07, 6.45) is -0.407. The molecule has 4 rings (SSSR count). The number of esters is 2. The summed E-state index contributed by atoms with van der Waals surface area (Å²) in [4.78, 5) is 38.4. The first kappa shape index (κ1) is 30.1. The van der Waals surface area contributed by atoms with Crippen molar-refractivity contribution in [2.75, 3.05) is 12.9 Å². The predicted octanol–water partition coefficient (Wildman–Crippen LogP) is 5.23. The minimum atomic E-state index is -0.932. The Bertz CT molecular complexity index is 1220. The molecule has 0 radical (unpaired) electrons. The molecule has 1 aliphatic rings. The molecule has 3 aromatic rings. The Morgan fingerprint density at radius 3 is 2.07 bits per heavy atom. The van der Waals surface area contributed by atoms with Gasteiger partial charge in [-0.05, 0) is 35.4 Å². The largest absolute Gasteiger partial charge is 0.468 e. The quantitative estimate of drug-likeness (QED) is 0.223. The van der Waals surface area contributed by atoms with Crippen LogP contribution in [-0.4, -0.2) is 48.4 Å². The Hall–Kier alpha value is -3.82. The van der Waals surface area contributed by atoms with E-state index in [2.05, 4.69) is 17.6 Å². The van der Waals surface area contributed by atoms with E-state index in [0.29, 0.717) is 18.6 Å². The van der Waals surface area contributed by atoms with E-state index in [-0.39, 0.29) is 29.9 Å². The second-order valence-corrected chi connectivity index (χ2v) is 11.1. The highest BCUT2D eigenvalue weighted by Crippen LogP contribution is 2.30. The van der Waals surface area contributed by atoms with Crippen LogP contribution >= 0.6 is 11.8 Å². The predicted molar refractivity (Wildman–Crippen MR) is 158 cm³/mol. The van der Waals surface area contributed by atoms with Gasteiger partial charge in [0, 0.05) is 5.75 Å². The molecule has 0 bridgehead atoms. The fourth-order valence-electron chi connectivity index (χ4n) is 4.62. The van der Waals surface area contributed by atoms with Gasteiger partial charge in [-0.1, -0.05) is 97.9 Å². The highest BCUT2D eigenvalue weighted by Gasteiger charge is 2.34. The lowest BCUT2D eigenvalue weighted by molar-refractivity contribution is -0.150. The van der Waals surface area contributed by atoms with Gasteiger partial charge in [-0.25, -0.2) is 9.59 Å². The summed E-state index contributed by atoms with van der Waals surface area (Å²) in [6.45, 7) is 2.14. The number of methoxy groups -OCH3 is 1. The van der Waals surface area contributed by atoms with Crippen molar-refractivity contribution in [1.29, 1.82) is 0 Å². The number of rotatable bonds is 12. The Kier molecular flexibility index (Phi) is 11.2. The average Bonchev–Trinajstić information content (AvgIpc) is 3.52. The van der Waals surface area contributed by atoms with Crippen LogP contribution in [0.25, 0.3) is 0 Å². The van der Waals surface area contributed by atoms with Crippen molar-refractivity contribution in [3.63, 3.8) is 0 Å². The molecule has 1 aliphatic heterocycles. The zero-order valence-corrected chi connectivity index (χ0v) is 24.0. The van der Waals surface area contributed by atoms with Crippen molar-refractivity contribution in [1.82, 2.24) is 10.6 Å². The molecule has 1 amide bonds. The molecular formula is C32H36N2O6S. The Balaban J connectivity index is 1.45. The van der Waals surface area contributed by atoms with Crippen molar-refractivity contribution in [3.8, 4) is 0 Å². The Morgan fingerprint density at radius 1 is 0.902 bits per heavy atom. The molecule has 0 aromatic heterocycles. The molecule has 216 valence electrons. The van der Waals surface area contributed by atoms with Crippen LogP contribution in [0.5, 0.6) is 0 Å².